The van der Waals surface area contributed by atoms with Crippen LogP contribution in [0.25, 0.3) is 0 Å². The van der Waals surface area contributed by atoms with Crippen LogP contribution in [0.3, 0.4) is 0 Å². The number of likely N-dealkylation sites (tertiary alicyclic amines) is 1. The molecule has 5 nitrogen and oxygen atoms in total. The van der Waals surface area contributed by atoms with E-state index in [-0.39, 0.29) is 5.82 Å². The summed E-state index contributed by atoms with van der Waals surface area (Å²) in [6, 6.07) is 8.84. The molecule has 0 bridgehead atoms. The fraction of sp³-hybridized carbons (Fsp3) is 0.444. The number of nitrogens with zero attached hydrogens (tertiary/aromatic N) is 4. The predicted octanol–water partition coefficient (Wildman–Crippen LogP) is 2.20. The fourth-order valence-corrected chi connectivity index (χ4v) is 3.22. The number of aromatic nitrogens is 2. The van der Waals surface area contributed by atoms with Gasteiger partial charge in [0.2, 0.25) is 0 Å². The monoisotopic (exact) mass is 329 g/mol. The van der Waals surface area contributed by atoms with Crippen LogP contribution >= 0.6 is 0 Å². The van der Waals surface area contributed by atoms with Crippen molar-refractivity contribution >= 4 is 5.96 Å². The molecule has 1 aromatic heterocycles. The molecule has 0 radical (unpaired) electrons. The van der Waals surface area contributed by atoms with Crippen molar-refractivity contribution in [2.75, 3.05) is 20.1 Å². The van der Waals surface area contributed by atoms with Crippen molar-refractivity contribution < 1.29 is 4.39 Å². The molecule has 1 N–H and O–H groups in total. The van der Waals surface area contributed by atoms with Crippen molar-refractivity contribution in [3.8, 4) is 0 Å². The minimum absolute atomic E-state index is 0.174. The second-order valence-corrected chi connectivity index (χ2v) is 6.28. The molecule has 0 saturated carbocycles. The third kappa shape index (κ3) is 3.93. The highest BCUT2D eigenvalue weighted by Gasteiger charge is 2.25. The van der Waals surface area contributed by atoms with Crippen LogP contribution in [0.5, 0.6) is 0 Å². The molecule has 1 unspecified atom stereocenters. The lowest BCUT2D eigenvalue weighted by molar-refractivity contribution is 0.458. The van der Waals surface area contributed by atoms with E-state index in [4.69, 9.17) is 0 Å². The number of halogens is 1. The van der Waals surface area contributed by atoms with Gasteiger partial charge in [0.25, 0.3) is 0 Å². The van der Waals surface area contributed by atoms with E-state index in [0.717, 1.165) is 37.6 Å². The van der Waals surface area contributed by atoms with Crippen LogP contribution in [0.1, 0.15) is 17.7 Å². The highest BCUT2D eigenvalue weighted by atomic mass is 19.1. The van der Waals surface area contributed by atoms with E-state index in [1.807, 2.05) is 37.0 Å². The number of rotatable bonds is 4. The Balaban J connectivity index is 1.53. The third-order valence-electron chi connectivity index (χ3n) is 4.58. The van der Waals surface area contributed by atoms with Crippen molar-refractivity contribution in [3.63, 3.8) is 0 Å². The van der Waals surface area contributed by atoms with Gasteiger partial charge in [-0.2, -0.15) is 5.10 Å². The average molecular weight is 329 g/mol. The maximum absolute atomic E-state index is 13.0. The molecule has 128 valence electrons. The lowest BCUT2D eigenvalue weighted by Crippen LogP contribution is -2.40. The van der Waals surface area contributed by atoms with Gasteiger partial charge in [-0.3, -0.25) is 9.67 Å². The molecule has 1 aliphatic heterocycles. The summed E-state index contributed by atoms with van der Waals surface area (Å²) < 4.78 is 14.9. The number of hydrogen-bond donors (Lipinski definition) is 1. The predicted molar refractivity (Wildman–Crippen MR) is 93.2 cm³/mol. The van der Waals surface area contributed by atoms with Gasteiger partial charge in [-0.15, -0.1) is 0 Å². The van der Waals surface area contributed by atoms with Crippen LogP contribution in [-0.2, 0) is 20.0 Å². The van der Waals surface area contributed by atoms with Gasteiger partial charge in [-0.05, 0) is 42.5 Å². The summed E-state index contributed by atoms with van der Waals surface area (Å²) in [5.41, 5.74) is 2.32. The Hall–Kier alpha value is -2.37. The molecule has 24 heavy (non-hydrogen) atoms. The smallest absolute Gasteiger partial charge is 0.193 e. The van der Waals surface area contributed by atoms with Crippen molar-refractivity contribution in [3.05, 3.63) is 53.6 Å². The topological polar surface area (TPSA) is 45.5 Å². The van der Waals surface area contributed by atoms with E-state index in [1.165, 1.54) is 17.7 Å². The fourth-order valence-electron chi connectivity index (χ4n) is 3.22. The van der Waals surface area contributed by atoms with E-state index < -0.39 is 0 Å². The molecular formula is C18H24FN5. The van der Waals surface area contributed by atoms with E-state index in [2.05, 4.69) is 20.3 Å². The SMILES string of the molecule is CN=C(NCc1ccnn1C)N1CCC(Cc2ccc(F)cc2)C1. The number of guanidine groups is 1. The zero-order valence-corrected chi connectivity index (χ0v) is 14.2. The summed E-state index contributed by atoms with van der Waals surface area (Å²) in [6.45, 7) is 2.68. The lowest BCUT2D eigenvalue weighted by Gasteiger charge is -2.21. The van der Waals surface area contributed by atoms with E-state index >= 15 is 0 Å². The molecule has 6 heteroatoms. The number of aryl methyl sites for hydroxylation is 1. The first-order chi connectivity index (χ1) is 11.7. The van der Waals surface area contributed by atoms with E-state index in [0.29, 0.717) is 12.5 Å². The first-order valence-corrected chi connectivity index (χ1v) is 8.32. The van der Waals surface area contributed by atoms with E-state index in [9.17, 15) is 4.39 Å². The Labute approximate surface area is 142 Å². The number of hydrogen-bond acceptors (Lipinski definition) is 2. The molecule has 1 aromatic carbocycles. The Morgan fingerprint density at radius 2 is 2.12 bits per heavy atom. The minimum atomic E-state index is -0.174. The highest BCUT2D eigenvalue weighted by molar-refractivity contribution is 5.80. The number of benzene rings is 1. The quantitative estimate of drug-likeness (QED) is 0.691. The lowest BCUT2D eigenvalue weighted by atomic mass is 9.99. The summed E-state index contributed by atoms with van der Waals surface area (Å²) in [5, 5.41) is 7.59. The Morgan fingerprint density at radius 1 is 1.33 bits per heavy atom. The van der Waals surface area contributed by atoms with Gasteiger partial charge in [0, 0.05) is 33.4 Å². The largest absolute Gasteiger partial charge is 0.351 e. The molecule has 0 aliphatic carbocycles. The van der Waals surface area contributed by atoms with Gasteiger partial charge in [-0.1, -0.05) is 12.1 Å². The molecule has 2 aromatic rings. The standard InChI is InChI=1S/C18H24FN5/c1-20-18(21-12-17-7-9-22-23(17)2)24-10-8-15(13-24)11-14-3-5-16(19)6-4-14/h3-7,9,15H,8,10-13H2,1-2H3,(H,20,21). The summed E-state index contributed by atoms with van der Waals surface area (Å²) in [7, 11) is 3.76. The van der Waals surface area contributed by atoms with Gasteiger partial charge < -0.3 is 10.2 Å². The Kier molecular flexibility index (Phi) is 5.13. The van der Waals surface area contributed by atoms with E-state index in [1.54, 1.807) is 6.20 Å². The van der Waals surface area contributed by atoms with Crippen molar-refractivity contribution in [2.24, 2.45) is 18.0 Å². The summed E-state index contributed by atoms with van der Waals surface area (Å²) in [6.07, 6.45) is 3.91. The maximum atomic E-state index is 13.0. The van der Waals surface area contributed by atoms with Gasteiger partial charge >= 0.3 is 0 Å². The van der Waals surface area contributed by atoms with Crippen molar-refractivity contribution in [2.45, 2.75) is 19.4 Å². The highest BCUT2D eigenvalue weighted by Crippen LogP contribution is 2.21. The summed E-state index contributed by atoms with van der Waals surface area (Å²) in [5.74, 6) is 1.33. The Morgan fingerprint density at radius 3 is 2.79 bits per heavy atom. The normalized spacial score (nSPS) is 18.2. The van der Waals surface area contributed by atoms with Gasteiger partial charge in [0.05, 0.1) is 12.2 Å². The molecule has 1 saturated heterocycles. The second-order valence-electron chi connectivity index (χ2n) is 6.28. The van der Waals surface area contributed by atoms with Crippen molar-refractivity contribution in [1.29, 1.82) is 0 Å². The third-order valence-corrected chi connectivity index (χ3v) is 4.58. The minimum Gasteiger partial charge on any atom is -0.351 e. The maximum Gasteiger partial charge on any atom is 0.193 e. The second kappa shape index (κ2) is 7.47. The van der Waals surface area contributed by atoms with Crippen LogP contribution in [0.15, 0.2) is 41.5 Å². The molecular weight excluding hydrogens is 305 g/mol. The summed E-state index contributed by atoms with van der Waals surface area (Å²) in [4.78, 5) is 6.70. The van der Waals surface area contributed by atoms with Gasteiger partial charge in [0.1, 0.15) is 5.82 Å². The van der Waals surface area contributed by atoms with Crippen LogP contribution in [0.4, 0.5) is 4.39 Å². The molecule has 2 heterocycles. The number of nitrogens with one attached hydrogen (secondary N) is 1. The first kappa shape index (κ1) is 16.5. The zero-order chi connectivity index (χ0) is 16.9. The van der Waals surface area contributed by atoms with Gasteiger partial charge in [-0.25, -0.2) is 4.39 Å². The molecule has 1 aliphatic rings. The van der Waals surface area contributed by atoms with Crippen LogP contribution < -0.4 is 5.32 Å². The summed E-state index contributed by atoms with van der Waals surface area (Å²) >= 11 is 0. The van der Waals surface area contributed by atoms with Crippen LogP contribution in [0, 0.1) is 11.7 Å². The van der Waals surface area contributed by atoms with Crippen molar-refractivity contribution in [1.82, 2.24) is 20.0 Å². The molecule has 1 fully saturated rings. The average Bonchev–Trinajstić information content (AvgIpc) is 3.20. The Bertz CT molecular complexity index is 692. The first-order valence-electron chi connectivity index (χ1n) is 8.32. The molecule has 1 atom stereocenters. The van der Waals surface area contributed by atoms with Crippen LogP contribution in [-0.4, -0.2) is 40.8 Å². The van der Waals surface area contributed by atoms with Crippen LogP contribution in [0.2, 0.25) is 0 Å². The van der Waals surface area contributed by atoms with Gasteiger partial charge in [0.15, 0.2) is 5.96 Å². The molecule has 3 rings (SSSR count). The molecule has 0 spiro atoms. The molecule has 0 amide bonds. The number of aliphatic imine (C=N–C) groups is 1. The zero-order valence-electron chi connectivity index (χ0n) is 14.2.